The summed E-state index contributed by atoms with van der Waals surface area (Å²) in [6.45, 7) is 7.28. The number of carbonyl (C=O) groups excluding carboxylic acids is 1. The number of ether oxygens (including phenoxy) is 1. The van der Waals surface area contributed by atoms with Crippen molar-refractivity contribution in [3.05, 3.63) is 0 Å². The number of hydrogen-bond acceptors (Lipinski definition) is 2. The van der Waals surface area contributed by atoms with Gasteiger partial charge in [0.2, 0.25) is 0 Å². The molecule has 4 rings (SSSR count). The molecular formula is C18H28O2. The lowest BCUT2D eigenvalue weighted by molar-refractivity contribution is -0.119. The zero-order valence-corrected chi connectivity index (χ0v) is 13.2. The summed E-state index contributed by atoms with van der Waals surface area (Å²) in [7, 11) is 0. The van der Waals surface area contributed by atoms with Crippen molar-refractivity contribution in [1.82, 2.24) is 0 Å². The smallest absolute Gasteiger partial charge is 0.132 e. The molecule has 3 aliphatic carbocycles. The number of ketones is 1. The van der Waals surface area contributed by atoms with E-state index in [4.69, 9.17) is 4.74 Å². The molecule has 1 aliphatic heterocycles. The van der Waals surface area contributed by atoms with Crippen LogP contribution < -0.4 is 0 Å². The van der Waals surface area contributed by atoms with Crippen molar-refractivity contribution in [3.63, 3.8) is 0 Å². The van der Waals surface area contributed by atoms with Crippen molar-refractivity contribution >= 4 is 5.78 Å². The standard InChI is InChI=1S/C18H28O2/c1-11-10-14-16(17(14,2)3)13-9-8-12(19)6-4-5-7-15-18(11,13)20-15/h11,13-16H,4-10H2,1-3H3/t11-,13-,14+,15-,16+,18+/m0/s1. The number of Topliss-reactive ketones (excluding diaryl/α,β-unsaturated/α-hetero) is 1. The van der Waals surface area contributed by atoms with E-state index in [-0.39, 0.29) is 5.60 Å². The van der Waals surface area contributed by atoms with Crippen LogP contribution in [0.15, 0.2) is 0 Å². The van der Waals surface area contributed by atoms with E-state index < -0.39 is 0 Å². The fourth-order valence-corrected chi connectivity index (χ4v) is 6.00. The minimum absolute atomic E-state index is 0.159. The summed E-state index contributed by atoms with van der Waals surface area (Å²) in [6, 6.07) is 0. The van der Waals surface area contributed by atoms with Crippen LogP contribution in [0.3, 0.4) is 0 Å². The van der Waals surface area contributed by atoms with Gasteiger partial charge in [0.1, 0.15) is 11.4 Å². The second-order valence-electron chi connectivity index (χ2n) is 8.48. The molecule has 0 aromatic heterocycles. The SMILES string of the molecule is C[C@H]1C[C@@H]2[C@@H]([C@@H]3CCC(=O)CCCC[C@@H]4O[C@]413)C2(C)C. The maximum absolute atomic E-state index is 12.0. The van der Waals surface area contributed by atoms with Gasteiger partial charge in [-0.2, -0.15) is 0 Å². The van der Waals surface area contributed by atoms with E-state index in [1.165, 1.54) is 19.3 Å². The van der Waals surface area contributed by atoms with Crippen LogP contribution in [0.1, 0.15) is 65.7 Å². The first kappa shape index (κ1) is 13.3. The Kier molecular flexibility index (Phi) is 2.72. The average molecular weight is 276 g/mol. The third-order valence-corrected chi connectivity index (χ3v) is 7.23. The number of carbonyl (C=O) groups is 1. The predicted octanol–water partition coefficient (Wildman–Crippen LogP) is 3.98. The summed E-state index contributed by atoms with van der Waals surface area (Å²) in [6.07, 6.45) is 7.98. The highest BCUT2D eigenvalue weighted by Crippen LogP contribution is 2.75. The summed E-state index contributed by atoms with van der Waals surface area (Å²) < 4.78 is 6.37. The van der Waals surface area contributed by atoms with Crippen molar-refractivity contribution in [2.24, 2.45) is 29.1 Å². The van der Waals surface area contributed by atoms with Crippen molar-refractivity contribution in [2.75, 3.05) is 0 Å². The maximum Gasteiger partial charge on any atom is 0.132 e. The monoisotopic (exact) mass is 276 g/mol. The molecule has 2 nitrogen and oxygen atoms in total. The zero-order chi connectivity index (χ0) is 14.1. The molecule has 3 saturated carbocycles. The predicted molar refractivity (Wildman–Crippen MR) is 78.3 cm³/mol. The first-order valence-corrected chi connectivity index (χ1v) is 8.67. The van der Waals surface area contributed by atoms with Crippen LogP contribution >= 0.6 is 0 Å². The van der Waals surface area contributed by atoms with Crippen LogP contribution in [0.2, 0.25) is 0 Å². The van der Waals surface area contributed by atoms with E-state index in [0.717, 1.165) is 37.5 Å². The molecule has 4 fully saturated rings. The molecule has 2 heteroatoms. The van der Waals surface area contributed by atoms with E-state index >= 15 is 0 Å². The molecule has 0 aromatic carbocycles. The van der Waals surface area contributed by atoms with Crippen LogP contribution in [-0.4, -0.2) is 17.5 Å². The molecule has 0 bridgehead atoms. The maximum atomic E-state index is 12.0. The van der Waals surface area contributed by atoms with Crippen LogP contribution in [0.4, 0.5) is 0 Å². The van der Waals surface area contributed by atoms with Crippen LogP contribution in [0.5, 0.6) is 0 Å². The topological polar surface area (TPSA) is 29.6 Å². The highest BCUT2D eigenvalue weighted by molar-refractivity contribution is 5.78. The van der Waals surface area contributed by atoms with Gasteiger partial charge >= 0.3 is 0 Å². The van der Waals surface area contributed by atoms with E-state index in [9.17, 15) is 4.79 Å². The zero-order valence-electron chi connectivity index (χ0n) is 13.2. The first-order valence-electron chi connectivity index (χ1n) is 8.67. The Morgan fingerprint density at radius 3 is 2.70 bits per heavy atom. The summed E-state index contributed by atoms with van der Waals surface area (Å²) >= 11 is 0. The van der Waals surface area contributed by atoms with Crippen molar-refractivity contribution in [3.8, 4) is 0 Å². The second kappa shape index (κ2) is 4.09. The molecule has 0 aromatic rings. The molecule has 112 valence electrons. The summed E-state index contributed by atoms with van der Waals surface area (Å²) in [4.78, 5) is 12.0. The molecule has 0 amide bonds. The van der Waals surface area contributed by atoms with E-state index in [1.54, 1.807) is 0 Å². The molecular weight excluding hydrogens is 248 g/mol. The van der Waals surface area contributed by atoms with Gasteiger partial charge in [-0.1, -0.05) is 27.2 Å². The Morgan fingerprint density at radius 1 is 1.10 bits per heavy atom. The molecule has 1 saturated heterocycles. The van der Waals surface area contributed by atoms with Crippen molar-refractivity contribution < 1.29 is 9.53 Å². The Labute approximate surface area is 122 Å². The van der Waals surface area contributed by atoms with E-state index in [1.807, 2.05) is 0 Å². The lowest BCUT2D eigenvalue weighted by Crippen LogP contribution is -2.40. The van der Waals surface area contributed by atoms with Gasteiger partial charge in [-0.25, -0.2) is 0 Å². The summed E-state index contributed by atoms with van der Waals surface area (Å²) in [5.41, 5.74) is 0.651. The van der Waals surface area contributed by atoms with Gasteiger partial charge in [0, 0.05) is 12.8 Å². The van der Waals surface area contributed by atoms with Crippen molar-refractivity contribution in [2.45, 2.75) is 77.4 Å². The molecule has 0 radical (unpaired) electrons. The van der Waals surface area contributed by atoms with Gasteiger partial charge in [0.05, 0.1) is 6.10 Å². The van der Waals surface area contributed by atoms with Crippen molar-refractivity contribution in [1.29, 1.82) is 0 Å². The number of hydrogen-bond donors (Lipinski definition) is 0. The van der Waals surface area contributed by atoms with Crippen LogP contribution in [0, 0.1) is 29.1 Å². The fourth-order valence-electron chi connectivity index (χ4n) is 6.00. The number of epoxide rings is 1. The Morgan fingerprint density at radius 2 is 1.90 bits per heavy atom. The van der Waals surface area contributed by atoms with E-state index in [2.05, 4.69) is 20.8 Å². The first-order chi connectivity index (χ1) is 9.48. The molecule has 4 aliphatic rings. The fraction of sp³-hybridized carbons (Fsp3) is 0.944. The normalized spacial score (nSPS) is 53.4. The molecule has 1 spiro atoms. The lowest BCUT2D eigenvalue weighted by Gasteiger charge is -2.35. The Balaban J connectivity index is 1.63. The van der Waals surface area contributed by atoms with Gasteiger partial charge in [-0.3, -0.25) is 4.79 Å². The Hall–Kier alpha value is -0.370. The highest BCUT2D eigenvalue weighted by Gasteiger charge is 2.76. The molecule has 0 unspecified atom stereocenters. The molecule has 6 atom stereocenters. The highest BCUT2D eigenvalue weighted by atomic mass is 16.6. The molecule has 0 N–H and O–H groups in total. The number of rotatable bonds is 0. The van der Waals surface area contributed by atoms with Gasteiger partial charge in [0.15, 0.2) is 0 Å². The minimum atomic E-state index is 0.159. The van der Waals surface area contributed by atoms with Gasteiger partial charge < -0.3 is 4.74 Å². The molecule has 20 heavy (non-hydrogen) atoms. The lowest BCUT2D eigenvalue weighted by atomic mass is 9.67. The van der Waals surface area contributed by atoms with Gasteiger partial charge in [-0.15, -0.1) is 0 Å². The minimum Gasteiger partial charge on any atom is -0.365 e. The van der Waals surface area contributed by atoms with Crippen LogP contribution in [-0.2, 0) is 9.53 Å². The van der Waals surface area contributed by atoms with Crippen LogP contribution in [0.25, 0.3) is 0 Å². The third-order valence-electron chi connectivity index (χ3n) is 7.23. The quantitative estimate of drug-likeness (QED) is 0.626. The third kappa shape index (κ3) is 1.63. The largest absolute Gasteiger partial charge is 0.365 e. The van der Waals surface area contributed by atoms with Gasteiger partial charge in [-0.05, 0) is 54.8 Å². The Bertz CT molecular complexity index is 441. The van der Waals surface area contributed by atoms with E-state index in [0.29, 0.717) is 29.1 Å². The second-order valence-corrected chi connectivity index (χ2v) is 8.48. The average Bonchev–Trinajstić information content (AvgIpc) is 3.23. The van der Waals surface area contributed by atoms with Gasteiger partial charge in [0.25, 0.3) is 0 Å². The summed E-state index contributed by atoms with van der Waals surface area (Å²) in [5, 5.41) is 0. The molecule has 1 heterocycles. The summed E-state index contributed by atoms with van der Waals surface area (Å²) in [5.74, 6) is 3.53. The number of fused-ring (bicyclic) bond motifs is 2.